The van der Waals surface area contributed by atoms with Gasteiger partial charge in [0, 0.05) is 18.1 Å². The van der Waals surface area contributed by atoms with Crippen LogP contribution in [0, 0.1) is 0 Å². The first-order chi connectivity index (χ1) is 7.14. The van der Waals surface area contributed by atoms with Crippen LogP contribution in [0.3, 0.4) is 0 Å². The van der Waals surface area contributed by atoms with Gasteiger partial charge < -0.3 is 0 Å². The number of pyridine rings is 1. The van der Waals surface area contributed by atoms with Crippen molar-refractivity contribution in [1.82, 2.24) is 4.98 Å². The van der Waals surface area contributed by atoms with E-state index in [1.807, 2.05) is 0 Å². The second-order valence-corrected chi connectivity index (χ2v) is 7.16. The summed E-state index contributed by atoms with van der Waals surface area (Å²) in [5, 5.41) is -0.866. The van der Waals surface area contributed by atoms with E-state index in [2.05, 4.69) is 4.98 Å². The molecule has 1 rings (SSSR count). The van der Waals surface area contributed by atoms with Gasteiger partial charge in [0.15, 0.2) is 29.7 Å². The lowest BCUT2D eigenvalue weighted by Crippen LogP contribution is -2.08. The van der Waals surface area contributed by atoms with Crippen LogP contribution in [0.15, 0.2) is 22.2 Å². The van der Waals surface area contributed by atoms with Crippen molar-refractivity contribution in [2.24, 2.45) is 0 Å². The quantitative estimate of drug-likeness (QED) is 0.694. The molecule has 0 fully saturated rings. The molecular weight excluding hydrogens is 254 g/mol. The Hall–Kier alpha value is -1.28. The standard InChI is InChI=1S/C8H9NO5S2/c1-15(11,12)7-3-6(5-10)4-8(9-7)16(2,13)14/h3-5H,1-2H3. The van der Waals surface area contributed by atoms with Crippen molar-refractivity contribution < 1.29 is 21.6 Å². The number of sulfone groups is 2. The highest BCUT2D eigenvalue weighted by atomic mass is 32.2. The average molecular weight is 263 g/mol. The smallest absolute Gasteiger partial charge is 0.192 e. The third-order valence-corrected chi connectivity index (χ3v) is 3.63. The Kier molecular flexibility index (Phi) is 3.15. The lowest BCUT2D eigenvalue weighted by molar-refractivity contribution is 0.112. The molecule has 8 heteroatoms. The van der Waals surface area contributed by atoms with Gasteiger partial charge in [-0.15, -0.1) is 0 Å². The zero-order valence-corrected chi connectivity index (χ0v) is 10.2. The molecule has 0 saturated carbocycles. The Bertz CT molecular complexity index is 580. The second kappa shape index (κ2) is 3.95. The first-order valence-corrected chi connectivity index (χ1v) is 7.80. The van der Waals surface area contributed by atoms with Gasteiger partial charge in [0.05, 0.1) is 0 Å². The summed E-state index contributed by atoms with van der Waals surface area (Å²) in [6.45, 7) is 0. The SMILES string of the molecule is CS(=O)(=O)c1cc(C=O)cc(S(C)(=O)=O)n1. The normalized spacial score (nSPS) is 12.4. The van der Waals surface area contributed by atoms with E-state index in [-0.39, 0.29) is 5.56 Å². The zero-order chi connectivity index (χ0) is 12.6. The van der Waals surface area contributed by atoms with Gasteiger partial charge in [-0.05, 0) is 12.1 Å². The summed E-state index contributed by atoms with van der Waals surface area (Å²) in [5.74, 6) is 0. The van der Waals surface area contributed by atoms with Crippen LogP contribution in [0.4, 0.5) is 0 Å². The van der Waals surface area contributed by atoms with E-state index in [1.54, 1.807) is 0 Å². The molecule has 1 heterocycles. The highest BCUT2D eigenvalue weighted by Crippen LogP contribution is 2.13. The number of hydrogen-bond donors (Lipinski definition) is 0. The Morgan fingerprint density at radius 3 is 1.62 bits per heavy atom. The molecule has 0 N–H and O–H groups in total. The Labute approximate surface area is 93.2 Å². The molecule has 0 atom stereocenters. The fraction of sp³-hybridized carbons (Fsp3) is 0.250. The van der Waals surface area contributed by atoms with Crippen LogP contribution in [0.1, 0.15) is 10.4 Å². The molecule has 0 aliphatic carbocycles. The Morgan fingerprint density at radius 1 is 1.00 bits per heavy atom. The highest BCUT2D eigenvalue weighted by molar-refractivity contribution is 7.91. The van der Waals surface area contributed by atoms with Crippen LogP contribution in [0.2, 0.25) is 0 Å². The van der Waals surface area contributed by atoms with E-state index in [0.29, 0.717) is 6.29 Å². The average Bonchev–Trinajstić information content (AvgIpc) is 2.14. The number of carbonyl (C=O) groups is 1. The van der Waals surface area contributed by atoms with E-state index in [1.165, 1.54) is 0 Å². The molecule has 0 aliphatic heterocycles. The Balaban J connectivity index is 3.64. The fourth-order valence-electron chi connectivity index (χ4n) is 0.948. The third kappa shape index (κ3) is 2.86. The summed E-state index contributed by atoms with van der Waals surface area (Å²) in [4.78, 5) is 14.0. The van der Waals surface area contributed by atoms with Gasteiger partial charge in [-0.1, -0.05) is 0 Å². The first-order valence-electron chi connectivity index (χ1n) is 4.02. The summed E-state index contributed by atoms with van der Waals surface area (Å²) in [5.41, 5.74) is -0.0455. The van der Waals surface area contributed by atoms with E-state index >= 15 is 0 Å². The number of aldehydes is 1. The van der Waals surface area contributed by atoms with Gasteiger partial charge in [-0.2, -0.15) is 0 Å². The van der Waals surface area contributed by atoms with Crippen molar-refractivity contribution in [2.75, 3.05) is 12.5 Å². The molecule has 16 heavy (non-hydrogen) atoms. The molecule has 0 aliphatic rings. The highest BCUT2D eigenvalue weighted by Gasteiger charge is 2.16. The van der Waals surface area contributed by atoms with Crippen LogP contribution in [0.5, 0.6) is 0 Å². The first kappa shape index (κ1) is 12.8. The number of nitrogens with zero attached hydrogens (tertiary/aromatic N) is 1. The zero-order valence-electron chi connectivity index (χ0n) is 8.54. The van der Waals surface area contributed by atoms with Crippen molar-refractivity contribution in [1.29, 1.82) is 0 Å². The Morgan fingerprint density at radius 2 is 1.38 bits per heavy atom. The number of hydrogen-bond acceptors (Lipinski definition) is 6. The van der Waals surface area contributed by atoms with Gasteiger partial charge in [0.2, 0.25) is 0 Å². The van der Waals surface area contributed by atoms with Crippen LogP contribution < -0.4 is 0 Å². The van der Waals surface area contributed by atoms with Crippen LogP contribution in [-0.2, 0) is 19.7 Å². The van der Waals surface area contributed by atoms with Crippen LogP contribution >= 0.6 is 0 Å². The predicted molar refractivity (Wildman–Crippen MR) is 55.8 cm³/mol. The number of carbonyl (C=O) groups excluding carboxylic acids is 1. The predicted octanol–water partition coefficient (Wildman–Crippen LogP) is -0.299. The summed E-state index contributed by atoms with van der Waals surface area (Å²) >= 11 is 0. The van der Waals surface area contributed by atoms with Crippen LogP contribution in [0.25, 0.3) is 0 Å². The number of rotatable bonds is 3. The molecule has 0 unspecified atom stereocenters. The fourth-order valence-corrected chi connectivity index (χ4v) is 2.23. The van der Waals surface area contributed by atoms with E-state index in [4.69, 9.17) is 0 Å². The maximum Gasteiger partial charge on any atom is 0.192 e. The molecule has 0 amide bonds. The van der Waals surface area contributed by atoms with Gasteiger partial charge in [0.1, 0.15) is 6.29 Å². The molecule has 6 nitrogen and oxygen atoms in total. The van der Waals surface area contributed by atoms with E-state index < -0.39 is 29.7 Å². The molecule has 0 radical (unpaired) electrons. The van der Waals surface area contributed by atoms with Crippen LogP contribution in [-0.4, -0.2) is 40.6 Å². The lowest BCUT2D eigenvalue weighted by Gasteiger charge is -2.02. The molecule has 0 aromatic carbocycles. The largest absolute Gasteiger partial charge is 0.298 e. The molecule has 0 bridgehead atoms. The minimum atomic E-state index is -3.65. The van der Waals surface area contributed by atoms with E-state index in [0.717, 1.165) is 24.6 Å². The summed E-state index contributed by atoms with van der Waals surface area (Å²) < 4.78 is 44.8. The molecule has 1 aromatic rings. The minimum absolute atomic E-state index is 0.0455. The topological polar surface area (TPSA) is 98.2 Å². The van der Waals surface area contributed by atoms with Gasteiger partial charge >= 0.3 is 0 Å². The van der Waals surface area contributed by atoms with Crippen molar-refractivity contribution in [3.63, 3.8) is 0 Å². The summed E-state index contributed by atoms with van der Waals surface area (Å²) in [6.07, 6.45) is 2.14. The molecule has 0 spiro atoms. The van der Waals surface area contributed by atoms with Gasteiger partial charge in [-0.3, -0.25) is 4.79 Å². The maximum absolute atomic E-state index is 11.2. The summed E-state index contributed by atoms with van der Waals surface area (Å²) in [6, 6.07) is 2.05. The molecule has 0 saturated heterocycles. The maximum atomic E-state index is 11.2. The second-order valence-electron chi connectivity index (χ2n) is 3.24. The van der Waals surface area contributed by atoms with Crippen molar-refractivity contribution in [3.05, 3.63) is 17.7 Å². The van der Waals surface area contributed by atoms with E-state index in [9.17, 15) is 21.6 Å². The lowest BCUT2D eigenvalue weighted by atomic mass is 10.3. The van der Waals surface area contributed by atoms with Crippen molar-refractivity contribution in [2.45, 2.75) is 10.1 Å². The van der Waals surface area contributed by atoms with Gasteiger partial charge in [-0.25, -0.2) is 21.8 Å². The molecular formula is C8H9NO5S2. The monoisotopic (exact) mass is 263 g/mol. The molecule has 88 valence electrons. The summed E-state index contributed by atoms with van der Waals surface area (Å²) in [7, 11) is -7.31. The van der Waals surface area contributed by atoms with Crippen molar-refractivity contribution in [3.8, 4) is 0 Å². The number of aromatic nitrogens is 1. The van der Waals surface area contributed by atoms with Gasteiger partial charge in [0.25, 0.3) is 0 Å². The third-order valence-electron chi connectivity index (χ3n) is 1.70. The van der Waals surface area contributed by atoms with Crippen molar-refractivity contribution >= 4 is 26.0 Å². The minimum Gasteiger partial charge on any atom is -0.298 e. The molecule has 1 aromatic heterocycles.